The van der Waals surface area contributed by atoms with Crippen LogP contribution in [0.1, 0.15) is 11.3 Å². The fraction of sp³-hybridized carbons (Fsp3) is 0.133. The number of hydrogen-bond donors (Lipinski definition) is 1. The maximum absolute atomic E-state index is 5.78. The van der Waals surface area contributed by atoms with E-state index < -0.39 is 0 Å². The van der Waals surface area contributed by atoms with Gasteiger partial charge in [0.05, 0.1) is 0 Å². The zero-order chi connectivity index (χ0) is 13.2. The van der Waals surface area contributed by atoms with Crippen LogP contribution in [0.2, 0.25) is 5.15 Å². The number of H-pyrrole nitrogens is 1. The van der Waals surface area contributed by atoms with Gasteiger partial charge in [-0.1, -0.05) is 39.7 Å². The molecule has 1 N–H and O–H groups in total. The Balaban J connectivity index is 1.76. The summed E-state index contributed by atoms with van der Waals surface area (Å²) in [7, 11) is 0. The second kappa shape index (κ2) is 5.35. The van der Waals surface area contributed by atoms with Crippen LogP contribution in [-0.4, -0.2) is 9.97 Å². The molecule has 0 aliphatic rings. The normalized spacial score (nSPS) is 11.1. The third-order valence-corrected chi connectivity index (χ3v) is 3.83. The number of aromatic amines is 1. The molecule has 0 radical (unpaired) electrons. The lowest BCUT2D eigenvalue weighted by molar-refractivity contribution is 0.922. The highest BCUT2D eigenvalue weighted by molar-refractivity contribution is 9.10. The smallest absolute Gasteiger partial charge is 0.129 e. The van der Waals surface area contributed by atoms with Crippen molar-refractivity contribution in [3.05, 3.63) is 63.5 Å². The number of nitrogens with zero attached hydrogens (tertiary/aromatic N) is 1. The van der Waals surface area contributed by atoms with Crippen molar-refractivity contribution >= 4 is 38.4 Å². The number of fused-ring (bicyclic) bond motifs is 1. The number of aromatic nitrogens is 2. The minimum absolute atomic E-state index is 0.541. The zero-order valence-electron chi connectivity index (χ0n) is 10.2. The van der Waals surface area contributed by atoms with Crippen molar-refractivity contribution in [1.29, 1.82) is 0 Å². The highest BCUT2D eigenvalue weighted by Gasteiger charge is 2.02. The first kappa shape index (κ1) is 12.7. The van der Waals surface area contributed by atoms with Crippen LogP contribution in [0.3, 0.4) is 0 Å². The molecule has 0 fully saturated rings. The van der Waals surface area contributed by atoms with E-state index in [1.54, 1.807) is 0 Å². The van der Waals surface area contributed by atoms with E-state index in [9.17, 15) is 0 Å². The Bertz CT molecular complexity index is 704. The molecule has 3 rings (SSSR count). The van der Waals surface area contributed by atoms with Crippen molar-refractivity contribution in [2.75, 3.05) is 0 Å². The quantitative estimate of drug-likeness (QED) is 0.687. The minimum Gasteiger partial charge on any atom is -0.358 e. The Hall–Kier alpha value is -1.32. The fourth-order valence-corrected chi connectivity index (χ4v) is 2.60. The molecule has 0 atom stereocenters. The Morgan fingerprint density at radius 3 is 2.79 bits per heavy atom. The molecule has 1 aromatic carbocycles. The SMILES string of the molecule is Clc1ccc(CCc2cc3ccc(Br)cc3[nH]2)cn1. The molecular weight excluding hydrogens is 324 g/mol. The van der Waals surface area contributed by atoms with E-state index in [1.165, 1.54) is 22.2 Å². The van der Waals surface area contributed by atoms with Gasteiger partial charge in [-0.3, -0.25) is 0 Å². The maximum Gasteiger partial charge on any atom is 0.129 e. The lowest BCUT2D eigenvalue weighted by atomic mass is 10.1. The Kier molecular flexibility index (Phi) is 3.58. The molecule has 2 aromatic heterocycles. The van der Waals surface area contributed by atoms with Crippen molar-refractivity contribution in [3.8, 4) is 0 Å². The third kappa shape index (κ3) is 2.99. The van der Waals surface area contributed by atoms with Gasteiger partial charge in [0.25, 0.3) is 0 Å². The third-order valence-electron chi connectivity index (χ3n) is 3.11. The van der Waals surface area contributed by atoms with Crippen LogP contribution in [0.4, 0.5) is 0 Å². The van der Waals surface area contributed by atoms with Crippen molar-refractivity contribution < 1.29 is 0 Å². The standard InChI is InChI=1S/C15H12BrClN2/c16-12-4-3-11-7-13(19-14(11)8-12)5-1-10-2-6-15(17)18-9-10/h2-4,6-9,19H,1,5H2. The molecule has 0 unspecified atom stereocenters. The summed E-state index contributed by atoms with van der Waals surface area (Å²) in [6, 6.07) is 12.3. The molecule has 0 spiro atoms. The maximum atomic E-state index is 5.78. The molecule has 0 saturated carbocycles. The summed E-state index contributed by atoms with van der Waals surface area (Å²) in [5, 5.41) is 1.78. The number of nitrogens with one attached hydrogen (secondary N) is 1. The molecule has 3 aromatic rings. The predicted molar refractivity (Wildman–Crippen MR) is 82.7 cm³/mol. The molecule has 0 amide bonds. The summed E-state index contributed by atoms with van der Waals surface area (Å²) in [6.07, 6.45) is 3.76. The first-order valence-electron chi connectivity index (χ1n) is 6.08. The van der Waals surface area contributed by atoms with Crippen LogP contribution in [0.15, 0.2) is 47.1 Å². The van der Waals surface area contributed by atoms with E-state index in [0.29, 0.717) is 5.15 Å². The highest BCUT2D eigenvalue weighted by atomic mass is 79.9. The summed E-state index contributed by atoms with van der Waals surface area (Å²) in [5.41, 5.74) is 3.60. The van der Waals surface area contributed by atoms with E-state index in [0.717, 1.165) is 17.3 Å². The van der Waals surface area contributed by atoms with Gasteiger partial charge in [0.2, 0.25) is 0 Å². The second-order valence-corrected chi connectivity index (χ2v) is 5.82. The van der Waals surface area contributed by atoms with Crippen LogP contribution in [0.5, 0.6) is 0 Å². The van der Waals surface area contributed by atoms with Gasteiger partial charge < -0.3 is 4.98 Å². The van der Waals surface area contributed by atoms with Gasteiger partial charge >= 0.3 is 0 Å². The molecular formula is C15H12BrClN2. The Morgan fingerprint density at radius 1 is 1.11 bits per heavy atom. The van der Waals surface area contributed by atoms with Gasteiger partial charge in [0, 0.05) is 21.9 Å². The zero-order valence-corrected chi connectivity index (χ0v) is 12.5. The predicted octanol–water partition coefficient (Wildman–Crippen LogP) is 4.76. The second-order valence-electron chi connectivity index (χ2n) is 4.52. The monoisotopic (exact) mass is 334 g/mol. The molecule has 0 aliphatic carbocycles. The van der Waals surface area contributed by atoms with Crippen molar-refractivity contribution in [2.24, 2.45) is 0 Å². The molecule has 0 bridgehead atoms. The molecule has 2 nitrogen and oxygen atoms in total. The van der Waals surface area contributed by atoms with Gasteiger partial charge in [-0.05, 0) is 48.1 Å². The van der Waals surface area contributed by atoms with Crippen LogP contribution < -0.4 is 0 Å². The van der Waals surface area contributed by atoms with Gasteiger partial charge in [-0.15, -0.1) is 0 Å². The van der Waals surface area contributed by atoms with E-state index in [-0.39, 0.29) is 0 Å². The number of halogens is 2. The fourth-order valence-electron chi connectivity index (χ4n) is 2.13. The number of pyridine rings is 1. The van der Waals surface area contributed by atoms with E-state index in [4.69, 9.17) is 11.6 Å². The molecule has 0 aliphatic heterocycles. The van der Waals surface area contributed by atoms with Crippen LogP contribution in [0, 0.1) is 0 Å². The van der Waals surface area contributed by atoms with E-state index >= 15 is 0 Å². The summed E-state index contributed by atoms with van der Waals surface area (Å²) < 4.78 is 1.09. The Labute approximate surface area is 124 Å². The van der Waals surface area contributed by atoms with Gasteiger partial charge in [-0.25, -0.2) is 4.98 Å². The van der Waals surface area contributed by atoms with Crippen LogP contribution >= 0.6 is 27.5 Å². The number of hydrogen-bond acceptors (Lipinski definition) is 1. The topological polar surface area (TPSA) is 28.7 Å². The summed E-state index contributed by atoms with van der Waals surface area (Å²) >= 11 is 9.26. The average Bonchev–Trinajstić information content (AvgIpc) is 2.80. The Morgan fingerprint density at radius 2 is 2.00 bits per heavy atom. The first-order chi connectivity index (χ1) is 9.20. The summed E-state index contributed by atoms with van der Waals surface area (Å²) in [4.78, 5) is 7.54. The molecule has 19 heavy (non-hydrogen) atoms. The van der Waals surface area contributed by atoms with Crippen molar-refractivity contribution in [2.45, 2.75) is 12.8 Å². The van der Waals surface area contributed by atoms with Crippen molar-refractivity contribution in [1.82, 2.24) is 9.97 Å². The van der Waals surface area contributed by atoms with Gasteiger partial charge in [0.15, 0.2) is 0 Å². The van der Waals surface area contributed by atoms with Gasteiger partial charge in [0.1, 0.15) is 5.15 Å². The number of benzene rings is 1. The van der Waals surface area contributed by atoms with E-state index in [1.807, 2.05) is 18.3 Å². The van der Waals surface area contributed by atoms with Crippen LogP contribution in [-0.2, 0) is 12.8 Å². The number of aryl methyl sites for hydroxylation is 2. The summed E-state index contributed by atoms with van der Waals surface area (Å²) in [5.74, 6) is 0. The molecule has 4 heteroatoms. The minimum atomic E-state index is 0.541. The summed E-state index contributed by atoms with van der Waals surface area (Å²) in [6.45, 7) is 0. The van der Waals surface area contributed by atoms with E-state index in [2.05, 4.69) is 50.2 Å². The first-order valence-corrected chi connectivity index (χ1v) is 7.25. The molecule has 0 saturated heterocycles. The van der Waals surface area contributed by atoms with Crippen LogP contribution in [0.25, 0.3) is 10.9 Å². The van der Waals surface area contributed by atoms with Crippen molar-refractivity contribution in [3.63, 3.8) is 0 Å². The number of rotatable bonds is 3. The molecule has 2 heterocycles. The largest absolute Gasteiger partial charge is 0.358 e. The lowest BCUT2D eigenvalue weighted by Crippen LogP contribution is -1.92. The lowest BCUT2D eigenvalue weighted by Gasteiger charge is -1.99. The molecule has 96 valence electrons. The van der Waals surface area contributed by atoms with Gasteiger partial charge in [-0.2, -0.15) is 0 Å². The highest BCUT2D eigenvalue weighted by Crippen LogP contribution is 2.21. The average molecular weight is 336 g/mol.